The van der Waals surface area contributed by atoms with E-state index in [-0.39, 0.29) is 41.7 Å². The lowest BCUT2D eigenvalue weighted by Crippen LogP contribution is -2.49. The zero-order chi connectivity index (χ0) is 23.0. The normalized spacial score (nSPS) is 11.8. The number of thioether (sulfide) groups is 1. The Morgan fingerprint density at radius 2 is 1.65 bits per heavy atom. The average molecular weight is 448 g/mol. The smallest absolute Gasteiger partial charge is 0.269 e. The van der Waals surface area contributed by atoms with Crippen molar-refractivity contribution in [3.63, 3.8) is 0 Å². The predicted molar refractivity (Wildman–Crippen MR) is 119 cm³/mol. The third-order valence-corrected chi connectivity index (χ3v) is 5.49. The molecule has 0 bridgehead atoms. The Bertz CT molecular complexity index is 904. The second-order valence-electron chi connectivity index (χ2n) is 7.40. The Hall–Kier alpha value is -2.94. The van der Waals surface area contributed by atoms with Crippen molar-refractivity contribution >= 4 is 29.3 Å². The molecule has 0 fully saturated rings. The second-order valence-corrected chi connectivity index (χ2v) is 8.39. The van der Waals surface area contributed by atoms with Gasteiger partial charge in [-0.3, -0.25) is 19.7 Å². The van der Waals surface area contributed by atoms with Gasteiger partial charge in [-0.1, -0.05) is 24.3 Å². The number of amides is 2. The lowest BCUT2D eigenvalue weighted by atomic mass is 10.1. The molecule has 0 heterocycles. The molecule has 2 rings (SSSR count). The van der Waals surface area contributed by atoms with Gasteiger partial charge < -0.3 is 10.2 Å². The fraction of sp³-hybridized carbons (Fsp3) is 0.364. The molecular weight excluding hydrogens is 421 g/mol. The highest BCUT2D eigenvalue weighted by molar-refractivity contribution is 7.99. The van der Waals surface area contributed by atoms with Gasteiger partial charge in [0.05, 0.1) is 10.7 Å². The monoisotopic (exact) mass is 447 g/mol. The Labute approximate surface area is 185 Å². The van der Waals surface area contributed by atoms with E-state index < -0.39 is 11.0 Å². The fourth-order valence-electron chi connectivity index (χ4n) is 2.83. The number of benzene rings is 2. The number of hydrogen-bond acceptors (Lipinski definition) is 5. The molecule has 0 spiro atoms. The van der Waals surface area contributed by atoms with Crippen LogP contribution in [0.15, 0.2) is 48.5 Å². The number of nitrogens with one attached hydrogen (secondary N) is 1. The second kappa shape index (κ2) is 11.5. The van der Waals surface area contributed by atoms with E-state index in [0.717, 1.165) is 11.1 Å². The van der Waals surface area contributed by atoms with Crippen LogP contribution in [-0.4, -0.2) is 39.5 Å². The molecule has 0 aromatic heterocycles. The topological polar surface area (TPSA) is 92.6 Å². The molecule has 0 saturated heterocycles. The van der Waals surface area contributed by atoms with E-state index in [0.29, 0.717) is 5.75 Å². The van der Waals surface area contributed by atoms with Crippen LogP contribution in [0.25, 0.3) is 0 Å². The van der Waals surface area contributed by atoms with Gasteiger partial charge in [0.15, 0.2) is 0 Å². The number of halogens is 1. The van der Waals surface area contributed by atoms with Crippen LogP contribution in [0.3, 0.4) is 0 Å². The molecule has 0 aliphatic rings. The van der Waals surface area contributed by atoms with Gasteiger partial charge in [-0.05, 0) is 44.0 Å². The van der Waals surface area contributed by atoms with Crippen molar-refractivity contribution in [2.45, 2.75) is 45.2 Å². The van der Waals surface area contributed by atoms with E-state index in [2.05, 4.69) is 5.32 Å². The Morgan fingerprint density at radius 1 is 1.06 bits per heavy atom. The molecule has 9 heteroatoms. The molecule has 0 saturated carbocycles. The van der Waals surface area contributed by atoms with Gasteiger partial charge in [0.2, 0.25) is 11.8 Å². The predicted octanol–water partition coefficient (Wildman–Crippen LogP) is 3.91. The van der Waals surface area contributed by atoms with E-state index in [1.807, 2.05) is 13.8 Å². The van der Waals surface area contributed by atoms with Gasteiger partial charge in [-0.25, -0.2) is 4.39 Å². The van der Waals surface area contributed by atoms with E-state index in [4.69, 9.17) is 0 Å². The molecule has 0 unspecified atom stereocenters. The van der Waals surface area contributed by atoms with Crippen molar-refractivity contribution in [3.05, 3.63) is 75.6 Å². The minimum absolute atomic E-state index is 0.0142. The number of rotatable bonds is 10. The summed E-state index contributed by atoms with van der Waals surface area (Å²) in [6.07, 6.45) is 0. The van der Waals surface area contributed by atoms with Crippen LogP contribution in [0, 0.1) is 15.9 Å². The summed E-state index contributed by atoms with van der Waals surface area (Å²) < 4.78 is 13.2. The van der Waals surface area contributed by atoms with Crippen LogP contribution < -0.4 is 5.32 Å². The Kier molecular flexibility index (Phi) is 8.99. The van der Waals surface area contributed by atoms with Gasteiger partial charge in [-0.15, -0.1) is 11.8 Å². The number of non-ortho nitro benzene ring substituents is 1. The van der Waals surface area contributed by atoms with E-state index in [1.54, 1.807) is 31.2 Å². The van der Waals surface area contributed by atoms with Crippen molar-refractivity contribution in [2.75, 3.05) is 5.75 Å². The molecule has 2 amide bonds. The maximum Gasteiger partial charge on any atom is 0.269 e. The van der Waals surface area contributed by atoms with Crippen molar-refractivity contribution in [1.82, 2.24) is 10.2 Å². The highest BCUT2D eigenvalue weighted by Gasteiger charge is 2.26. The first-order valence-corrected chi connectivity index (χ1v) is 11.0. The van der Waals surface area contributed by atoms with Crippen LogP contribution in [-0.2, 0) is 21.9 Å². The van der Waals surface area contributed by atoms with Crippen molar-refractivity contribution in [2.24, 2.45) is 0 Å². The maximum absolute atomic E-state index is 13.2. The SMILES string of the molecule is CC(C)NC(=O)[C@@H](C)N(Cc1ccc(F)cc1)C(=O)CSCc1ccc([N+](=O)[O-])cc1. The molecule has 0 aliphatic carbocycles. The van der Waals surface area contributed by atoms with Crippen LogP contribution in [0.1, 0.15) is 31.9 Å². The Balaban J connectivity index is 2.04. The zero-order valence-electron chi connectivity index (χ0n) is 17.7. The summed E-state index contributed by atoms with van der Waals surface area (Å²) in [6.45, 7) is 5.54. The summed E-state index contributed by atoms with van der Waals surface area (Å²) in [6, 6.07) is 11.2. The van der Waals surface area contributed by atoms with Gasteiger partial charge >= 0.3 is 0 Å². The van der Waals surface area contributed by atoms with Crippen molar-refractivity contribution in [1.29, 1.82) is 0 Å². The third-order valence-electron chi connectivity index (χ3n) is 4.51. The lowest BCUT2D eigenvalue weighted by molar-refractivity contribution is -0.384. The summed E-state index contributed by atoms with van der Waals surface area (Å²) in [7, 11) is 0. The number of carbonyl (C=O) groups is 2. The molecule has 1 N–H and O–H groups in total. The minimum atomic E-state index is -0.695. The number of nitro benzene ring substituents is 1. The van der Waals surface area contributed by atoms with Crippen LogP contribution in [0.5, 0.6) is 0 Å². The van der Waals surface area contributed by atoms with Gasteiger partial charge in [0, 0.05) is 30.5 Å². The number of nitro groups is 1. The highest BCUT2D eigenvalue weighted by atomic mass is 32.2. The molecule has 166 valence electrons. The number of hydrogen-bond donors (Lipinski definition) is 1. The first-order valence-electron chi connectivity index (χ1n) is 9.82. The van der Waals surface area contributed by atoms with Crippen molar-refractivity contribution in [3.8, 4) is 0 Å². The largest absolute Gasteiger partial charge is 0.352 e. The first-order chi connectivity index (χ1) is 14.7. The third kappa shape index (κ3) is 7.67. The van der Waals surface area contributed by atoms with Gasteiger partial charge in [-0.2, -0.15) is 0 Å². The number of nitrogens with zero attached hydrogens (tertiary/aromatic N) is 2. The van der Waals surface area contributed by atoms with Crippen LogP contribution in [0.2, 0.25) is 0 Å². The molecule has 1 atom stereocenters. The van der Waals surface area contributed by atoms with E-state index in [1.165, 1.54) is 40.9 Å². The fourth-order valence-corrected chi connectivity index (χ4v) is 3.70. The summed E-state index contributed by atoms with van der Waals surface area (Å²) in [5.41, 5.74) is 1.60. The van der Waals surface area contributed by atoms with E-state index >= 15 is 0 Å². The minimum Gasteiger partial charge on any atom is -0.352 e. The summed E-state index contributed by atoms with van der Waals surface area (Å²) in [5, 5.41) is 13.6. The highest BCUT2D eigenvalue weighted by Crippen LogP contribution is 2.18. The van der Waals surface area contributed by atoms with Crippen molar-refractivity contribution < 1.29 is 18.9 Å². The summed E-state index contributed by atoms with van der Waals surface area (Å²) in [5.74, 6) is -0.211. The van der Waals surface area contributed by atoms with E-state index in [9.17, 15) is 24.1 Å². The molecule has 2 aromatic carbocycles. The van der Waals surface area contributed by atoms with Crippen LogP contribution in [0.4, 0.5) is 10.1 Å². The summed E-state index contributed by atoms with van der Waals surface area (Å²) >= 11 is 1.36. The standard InChI is InChI=1S/C22H26FN3O4S/c1-15(2)24-22(28)16(3)25(12-17-4-8-19(23)9-5-17)21(27)14-31-13-18-6-10-20(11-7-18)26(29)30/h4-11,15-16H,12-14H2,1-3H3,(H,24,28)/t16-/m1/s1. The van der Waals surface area contributed by atoms with Crippen LogP contribution >= 0.6 is 11.8 Å². The average Bonchev–Trinajstić information content (AvgIpc) is 2.72. The molecule has 0 radical (unpaired) electrons. The zero-order valence-corrected chi connectivity index (χ0v) is 18.5. The van der Waals surface area contributed by atoms with Gasteiger partial charge in [0.1, 0.15) is 11.9 Å². The Morgan fingerprint density at radius 3 is 2.19 bits per heavy atom. The number of carbonyl (C=O) groups excluding carboxylic acids is 2. The molecule has 2 aromatic rings. The first kappa shape index (κ1) is 24.3. The molecule has 0 aliphatic heterocycles. The lowest BCUT2D eigenvalue weighted by Gasteiger charge is -2.29. The molecule has 31 heavy (non-hydrogen) atoms. The quantitative estimate of drug-likeness (QED) is 0.440. The van der Waals surface area contributed by atoms with Gasteiger partial charge in [0.25, 0.3) is 5.69 Å². The summed E-state index contributed by atoms with van der Waals surface area (Å²) in [4.78, 5) is 37.2. The maximum atomic E-state index is 13.2. The molecule has 7 nitrogen and oxygen atoms in total. The molecular formula is C22H26FN3O4S.